The Kier molecular flexibility index (Phi) is 63.1. The third-order valence-corrected chi connectivity index (χ3v) is 16.1. The zero-order valence-corrected chi connectivity index (χ0v) is 48.2. The molecule has 418 valence electrons. The molecule has 0 saturated carbocycles. The average Bonchev–Trinajstić information content (AvgIpc) is 3.35. The van der Waals surface area contributed by atoms with Crippen molar-refractivity contribution in [2.24, 2.45) is 11.5 Å². The molecule has 0 spiro atoms. The van der Waals surface area contributed by atoms with Gasteiger partial charge in [-0.25, -0.2) is 0 Å². The first kappa shape index (κ1) is 68.9. The van der Waals surface area contributed by atoms with E-state index in [-0.39, 0.29) is 11.8 Å². The first-order chi connectivity index (χ1) is 34.6. The Morgan fingerprint density at radius 2 is 0.186 bits per heavy atom. The molecule has 4 nitrogen and oxygen atoms in total. The fourth-order valence-corrected chi connectivity index (χ4v) is 11.2. The van der Waals surface area contributed by atoms with Crippen LogP contribution in [0.4, 0.5) is 0 Å². The number of hydrogen-bond donors (Lipinski definition) is 2. The highest BCUT2D eigenvalue weighted by Crippen LogP contribution is 2.20. The lowest BCUT2D eigenvalue weighted by atomic mass is 10.0. The highest BCUT2D eigenvalue weighted by molar-refractivity contribution is 5.73. The van der Waals surface area contributed by atoms with Gasteiger partial charge in [-0.1, -0.05) is 385 Å². The minimum absolute atomic E-state index is 0.147. The maximum atomic E-state index is 10.8. The highest BCUT2D eigenvalue weighted by atomic mass is 16.1. The molecule has 0 aromatic rings. The van der Waals surface area contributed by atoms with Crippen LogP contribution in [0.15, 0.2) is 0 Å². The zero-order chi connectivity index (χ0) is 50.4. The number of carbonyl (C=O) groups excluding carboxylic acids is 2. The van der Waals surface area contributed by atoms with Crippen LogP contribution in [-0.4, -0.2) is 11.8 Å². The monoisotopic (exact) mass is 985 g/mol. The Morgan fingerprint density at radius 1 is 0.129 bits per heavy atom. The Bertz CT molecular complexity index is 892. The number of rotatable bonds is 65. The summed E-state index contributed by atoms with van der Waals surface area (Å²) in [5.41, 5.74) is 10.4. The van der Waals surface area contributed by atoms with Crippen molar-refractivity contribution >= 4 is 11.8 Å². The summed E-state index contributed by atoms with van der Waals surface area (Å²) < 4.78 is 0. The average molecular weight is 986 g/mol. The van der Waals surface area contributed by atoms with Crippen molar-refractivity contribution in [3.05, 3.63) is 0 Å². The van der Waals surface area contributed by atoms with Gasteiger partial charge in [-0.2, -0.15) is 0 Å². The van der Waals surface area contributed by atoms with E-state index in [4.69, 9.17) is 11.5 Å². The molecule has 0 aliphatic rings. The molecular weight excluding hydrogens is 853 g/mol. The molecule has 0 aliphatic heterocycles. The Labute approximate surface area is 441 Å². The minimum Gasteiger partial charge on any atom is -0.370 e. The summed E-state index contributed by atoms with van der Waals surface area (Å²) in [5.74, 6) is -0.294. The lowest BCUT2D eigenvalue weighted by molar-refractivity contribution is -0.119. The Morgan fingerprint density at radius 3 is 0.243 bits per heavy atom. The molecule has 0 bridgehead atoms. The summed E-state index contributed by atoms with van der Waals surface area (Å²) in [6.45, 7) is 0. The van der Waals surface area contributed by atoms with Gasteiger partial charge in [0.1, 0.15) is 0 Å². The van der Waals surface area contributed by atoms with E-state index >= 15 is 0 Å². The fourth-order valence-electron chi connectivity index (χ4n) is 11.2. The second kappa shape index (κ2) is 64.1. The van der Waals surface area contributed by atoms with E-state index in [0.29, 0.717) is 12.8 Å². The van der Waals surface area contributed by atoms with E-state index in [1.807, 2.05) is 0 Å². The van der Waals surface area contributed by atoms with Crippen molar-refractivity contribution in [3.8, 4) is 0 Å². The van der Waals surface area contributed by atoms with Crippen LogP contribution in [0.2, 0.25) is 0 Å². The maximum absolute atomic E-state index is 10.8. The van der Waals surface area contributed by atoms with Crippen molar-refractivity contribution < 1.29 is 9.59 Å². The second-order valence-corrected chi connectivity index (χ2v) is 23.4. The lowest BCUT2D eigenvalue weighted by Crippen LogP contribution is -2.09. The van der Waals surface area contributed by atoms with E-state index < -0.39 is 0 Å². The van der Waals surface area contributed by atoms with Crippen LogP contribution in [0.3, 0.4) is 0 Å². The van der Waals surface area contributed by atoms with Gasteiger partial charge < -0.3 is 11.5 Å². The van der Waals surface area contributed by atoms with Gasteiger partial charge in [-0.3, -0.25) is 9.59 Å². The van der Waals surface area contributed by atoms with Crippen LogP contribution in [0.1, 0.15) is 411 Å². The normalized spacial score (nSPS) is 11.6. The molecule has 0 aromatic heterocycles. The van der Waals surface area contributed by atoms with Crippen LogP contribution in [0.25, 0.3) is 0 Å². The summed E-state index contributed by atoms with van der Waals surface area (Å²) in [7, 11) is 0. The topological polar surface area (TPSA) is 86.2 Å². The molecule has 0 saturated heterocycles. The van der Waals surface area contributed by atoms with Crippen molar-refractivity contribution in [1.82, 2.24) is 0 Å². The van der Waals surface area contributed by atoms with Crippen LogP contribution >= 0.6 is 0 Å². The molecule has 0 aromatic carbocycles. The number of hydrogen-bond acceptors (Lipinski definition) is 2. The second-order valence-electron chi connectivity index (χ2n) is 23.4. The quantitative estimate of drug-likeness (QED) is 0.0595. The molecule has 0 unspecified atom stereocenters. The fraction of sp³-hybridized carbons (Fsp3) is 0.970. The number of unbranched alkanes of at least 4 members (excludes halogenated alkanes) is 61. The lowest BCUT2D eigenvalue weighted by Gasteiger charge is -2.05. The largest absolute Gasteiger partial charge is 0.370 e. The molecule has 0 aliphatic carbocycles. The first-order valence-electron chi connectivity index (χ1n) is 33.2. The summed E-state index contributed by atoms with van der Waals surface area (Å²) in [6, 6.07) is 0. The van der Waals surface area contributed by atoms with E-state index in [1.54, 1.807) is 0 Å². The summed E-state index contributed by atoms with van der Waals surface area (Å²) in [4.78, 5) is 21.5. The van der Waals surface area contributed by atoms with Crippen molar-refractivity contribution in [2.45, 2.75) is 411 Å². The molecule has 0 rings (SSSR count). The zero-order valence-electron chi connectivity index (χ0n) is 48.2. The smallest absolute Gasteiger partial charge is 0.217 e. The van der Waals surface area contributed by atoms with Crippen LogP contribution in [-0.2, 0) is 9.59 Å². The number of primary amides is 2. The predicted octanol–water partition coefficient (Wildman–Crippen LogP) is 22.9. The van der Waals surface area contributed by atoms with Crippen LogP contribution in [0.5, 0.6) is 0 Å². The Balaban J connectivity index is 3.08. The van der Waals surface area contributed by atoms with Gasteiger partial charge in [-0.15, -0.1) is 0 Å². The van der Waals surface area contributed by atoms with Gasteiger partial charge in [0, 0.05) is 12.8 Å². The molecule has 4 N–H and O–H groups in total. The maximum Gasteiger partial charge on any atom is 0.217 e. The summed E-state index contributed by atoms with van der Waals surface area (Å²) >= 11 is 0. The van der Waals surface area contributed by atoms with Crippen LogP contribution in [0, 0.1) is 0 Å². The molecular formula is C66H132N2O2. The molecule has 0 radical (unpaired) electrons. The SMILES string of the molecule is NC(=O)CCCCCCCCCCCCCCCCCCCCCCCCCCCCCCCCCCCCCCCCCCCCCCCCCCCCCCCCCCCCCCCCC(N)=O. The highest BCUT2D eigenvalue weighted by Gasteiger charge is 2.01. The third kappa shape index (κ3) is 66.9. The predicted molar refractivity (Wildman–Crippen MR) is 314 cm³/mol. The van der Waals surface area contributed by atoms with Gasteiger partial charge in [0.25, 0.3) is 0 Å². The Hall–Kier alpha value is -1.06. The molecule has 4 heteroatoms. The first-order valence-corrected chi connectivity index (χ1v) is 33.2. The van der Waals surface area contributed by atoms with Gasteiger partial charge >= 0.3 is 0 Å². The molecule has 70 heavy (non-hydrogen) atoms. The number of carbonyl (C=O) groups is 2. The van der Waals surface area contributed by atoms with Crippen molar-refractivity contribution in [1.29, 1.82) is 0 Å². The van der Waals surface area contributed by atoms with Crippen molar-refractivity contribution in [3.63, 3.8) is 0 Å². The molecule has 0 atom stereocenters. The molecule has 2 amide bonds. The van der Waals surface area contributed by atoms with E-state index in [0.717, 1.165) is 12.8 Å². The van der Waals surface area contributed by atoms with Gasteiger partial charge in [0.2, 0.25) is 11.8 Å². The van der Waals surface area contributed by atoms with Crippen LogP contribution < -0.4 is 11.5 Å². The summed E-state index contributed by atoms with van der Waals surface area (Å²) in [6.07, 6.45) is 89.7. The third-order valence-electron chi connectivity index (χ3n) is 16.1. The molecule has 0 fully saturated rings. The van der Waals surface area contributed by atoms with E-state index in [9.17, 15) is 9.59 Å². The number of amides is 2. The van der Waals surface area contributed by atoms with Gasteiger partial charge in [-0.05, 0) is 12.8 Å². The van der Waals surface area contributed by atoms with E-state index in [1.165, 1.54) is 385 Å². The standard InChI is InChI=1S/C66H132N2O2/c67-65(69)63-61-59-57-55-53-51-49-47-45-43-41-39-37-35-33-31-29-27-25-23-21-19-17-15-13-11-9-7-5-3-1-2-4-6-8-10-12-14-16-18-20-22-24-26-28-30-32-34-36-38-40-42-44-46-48-50-52-54-56-58-60-62-64-66(68)70/h1-64H2,(H2,67,69)(H2,68,70). The number of nitrogens with two attached hydrogens (primary N) is 2. The van der Waals surface area contributed by atoms with E-state index in [2.05, 4.69) is 0 Å². The van der Waals surface area contributed by atoms with Gasteiger partial charge in [0.15, 0.2) is 0 Å². The minimum atomic E-state index is -0.147. The molecule has 0 heterocycles. The van der Waals surface area contributed by atoms with Gasteiger partial charge in [0.05, 0.1) is 0 Å². The van der Waals surface area contributed by atoms with Crippen molar-refractivity contribution in [2.75, 3.05) is 0 Å². The summed E-state index contributed by atoms with van der Waals surface area (Å²) in [5, 5.41) is 0.